The number of aromatic nitrogens is 3. The zero-order valence-electron chi connectivity index (χ0n) is 22.9. The normalized spacial score (nSPS) is 14.1. The van der Waals surface area contributed by atoms with E-state index >= 15 is 0 Å². The average Bonchev–Trinajstić information content (AvgIpc) is 3.50. The van der Waals surface area contributed by atoms with Gasteiger partial charge in [0.25, 0.3) is 0 Å². The van der Waals surface area contributed by atoms with Gasteiger partial charge in [-0.2, -0.15) is 13.2 Å². The van der Waals surface area contributed by atoms with Crippen LogP contribution in [-0.2, 0) is 9.53 Å². The van der Waals surface area contributed by atoms with E-state index in [1.807, 2.05) is 30.3 Å². The molecule has 4 aromatic rings. The lowest BCUT2D eigenvalue weighted by molar-refractivity contribution is -0.186. The largest absolute Gasteiger partial charge is 0.471 e. The Labute approximate surface area is 239 Å². The van der Waals surface area contributed by atoms with Crippen LogP contribution in [0.15, 0.2) is 72.9 Å². The van der Waals surface area contributed by atoms with Crippen molar-refractivity contribution in [2.75, 3.05) is 20.2 Å². The lowest BCUT2D eigenvalue weighted by Crippen LogP contribution is -2.45. The van der Waals surface area contributed by atoms with Crippen LogP contribution in [0.4, 0.5) is 13.2 Å². The first-order chi connectivity index (χ1) is 20.0. The third-order valence-electron chi connectivity index (χ3n) is 7.42. The smallest absolute Gasteiger partial charge is 0.465 e. The molecule has 1 amide bonds. The quantitative estimate of drug-likeness (QED) is 0.211. The van der Waals surface area contributed by atoms with E-state index in [0.29, 0.717) is 35.3 Å². The van der Waals surface area contributed by atoms with Crippen LogP contribution < -0.4 is 0 Å². The summed E-state index contributed by atoms with van der Waals surface area (Å²) in [5.41, 5.74) is 5.37. The molecular weight excluding hydrogens is 549 g/mol. The van der Waals surface area contributed by atoms with Gasteiger partial charge in [-0.25, -0.2) is 9.48 Å². The molecule has 1 aromatic heterocycles. The lowest BCUT2D eigenvalue weighted by atomic mass is 9.88. The fourth-order valence-electron chi connectivity index (χ4n) is 5.09. The summed E-state index contributed by atoms with van der Waals surface area (Å²) in [7, 11) is 1.30. The van der Waals surface area contributed by atoms with Crippen molar-refractivity contribution in [3.05, 3.63) is 89.6 Å². The Balaban J connectivity index is 1.38. The summed E-state index contributed by atoms with van der Waals surface area (Å²) < 4.78 is 44.8. The van der Waals surface area contributed by atoms with E-state index in [1.54, 1.807) is 47.3 Å². The van der Waals surface area contributed by atoms with Gasteiger partial charge in [0.1, 0.15) is 5.69 Å². The van der Waals surface area contributed by atoms with E-state index in [2.05, 4.69) is 10.3 Å². The van der Waals surface area contributed by atoms with Crippen LogP contribution in [-0.4, -0.2) is 63.9 Å². The topological polar surface area (TPSA) is 94.4 Å². The van der Waals surface area contributed by atoms with Crippen molar-refractivity contribution < 1.29 is 32.3 Å². The number of hydrogen-bond donors (Lipinski definition) is 0. The summed E-state index contributed by atoms with van der Waals surface area (Å²) in [6.07, 6.45) is -2.26. The van der Waals surface area contributed by atoms with Crippen LogP contribution in [0.25, 0.3) is 28.1 Å². The van der Waals surface area contributed by atoms with Crippen molar-refractivity contribution in [2.24, 2.45) is 0 Å². The number of piperidine rings is 1. The lowest BCUT2D eigenvalue weighted by Gasteiger charge is -2.32. The number of ketones is 1. The molecule has 0 bridgehead atoms. The Morgan fingerprint density at radius 1 is 0.857 bits per heavy atom. The number of carbonyl (C=O) groups excluding carboxylic acids is 3. The third-order valence-corrected chi connectivity index (χ3v) is 7.42. The highest BCUT2D eigenvalue weighted by Crippen LogP contribution is 2.32. The number of nitrogens with zero attached hydrogens (tertiary/aromatic N) is 4. The molecule has 3 aromatic carbocycles. The number of halogens is 3. The van der Waals surface area contributed by atoms with Gasteiger partial charge in [-0.05, 0) is 60.6 Å². The molecule has 0 aliphatic carbocycles. The van der Waals surface area contributed by atoms with Gasteiger partial charge < -0.3 is 9.64 Å². The molecule has 2 heterocycles. The fourth-order valence-corrected chi connectivity index (χ4v) is 5.09. The Hall–Kier alpha value is -4.80. The van der Waals surface area contributed by atoms with Gasteiger partial charge in [-0.3, -0.25) is 9.59 Å². The number of likely N-dealkylation sites (tertiary alicyclic amines) is 1. The second kappa shape index (κ2) is 11.6. The highest BCUT2D eigenvalue weighted by atomic mass is 19.4. The predicted octanol–water partition coefficient (Wildman–Crippen LogP) is 5.86. The number of methoxy groups -OCH3 is 1. The van der Waals surface area contributed by atoms with E-state index in [4.69, 9.17) is 4.74 Å². The van der Waals surface area contributed by atoms with Gasteiger partial charge in [0.05, 0.1) is 24.6 Å². The van der Waals surface area contributed by atoms with Crippen molar-refractivity contribution in [3.8, 4) is 28.1 Å². The number of alkyl halides is 3. The van der Waals surface area contributed by atoms with Gasteiger partial charge in [0, 0.05) is 24.2 Å². The minimum atomic E-state index is -4.86. The molecule has 1 saturated heterocycles. The number of amides is 1. The van der Waals surface area contributed by atoms with E-state index in [9.17, 15) is 27.6 Å². The standard InChI is InChI=1S/C31H27F3N4O4/c1-19(39)20-3-9-24(10-4-20)28-18-38(36-35-28)27-16-25(15-26(17-27)29(40)42-2)22-7-5-21(6-8-22)23-11-13-37(14-12-23)30(41)31(32,33)34/h3-10,15-18,23H,11-14H2,1-2H3. The molecule has 1 fully saturated rings. The molecular formula is C31H27F3N4O4. The Morgan fingerprint density at radius 3 is 2.10 bits per heavy atom. The monoisotopic (exact) mass is 576 g/mol. The number of Topliss-reactive ketones (excluding diaryl/α,β-unsaturated/α-hetero) is 1. The number of carbonyl (C=O) groups is 3. The highest BCUT2D eigenvalue weighted by Gasteiger charge is 2.43. The molecule has 0 saturated carbocycles. The number of ether oxygens (including phenoxy) is 1. The van der Waals surface area contributed by atoms with E-state index in [1.165, 1.54) is 14.0 Å². The van der Waals surface area contributed by atoms with Crippen LogP contribution >= 0.6 is 0 Å². The summed E-state index contributed by atoms with van der Waals surface area (Å²) in [4.78, 5) is 36.5. The predicted molar refractivity (Wildman–Crippen MR) is 148 cm³/mol. The molecule has 42 heavy (non-hydrogen) atoms. The zero-order chi connectivity index (χ0) is 30.0. The number of rotatable bonds is 6. The van der Waals surface area contributed by atoms with Gasteiger partial charge >= 0.3 is 18.1 Å². The van der Waals surface area contributed by atoms with Crippen LogP contribution in [0.2, 0.25) is 0 Å². The van der Waals surface area contributed by atoms with Crippen molar-refractivity contribution in [3.63, 3.8) is 0 Å². The van der Waals surface area contributed by atoms with Crippen LogP contribution in [0.1, 0.15) is 52.0 Å². The van der Waals surface area contributed by atoms with Crippen LogP contribution in [0.5, 0.6) is 0 Å². The van der Waals surface area contributed by atoms with Gasteiger partial charge in [-0.1, -0.05) is 53.7 Å². The molecule has 0 atom stereocenters. The molecule has 11 heteroatoms. The first kappa shape index (κ1) is 28.7. The number of esters is 1. The molecule has 216 valence electrons. The van der Waals surface area contributed by atoms with E-state index < -0.39 is 18.1 Å². The molecule has 0 spiro atoms. The van der Waals surface area contributed by atoms with E-state index in [-0.39, 0.29) is 24.8 Å². The van der Waals surface area contributed by atoms with Gasteiger partial charge in [0.15, 0.2) is 5.78 Å². The Morgan fingerprint density at radius 2 is 1.50 bits per heavy atom. The Bertz CT molecular complexity index is 1620. The number of benzene rings is 3. The maximum atomic E-state index is 12.8. The van der Waals surface area contributed by atoms with Crippen molar-refractivity contribution in [1.29, 1.82) is 0 Å². The van der Waals surface area contributed by atoms with Crippen molar-refractivity contribution in [2.45, 2.75) is 31.9 Å². The van der Waals surface area contributed by atoms with Gasteiger partial charge in [-0.15, -0.1) is 5.10 Å². The van der Waals surface area contributed by atoms with Crippen molar-refractivity contribution in [1.82, 2.24) is 19.9 Å². The molecule has 1 aliphatic rings. The van der Waals surface area contributed by atoms with Crippen LogP contribution in [0.3, 0.4) is 0 Å². The molecule has 0 radical (unpaired) electrons. The maximum Gasteiger partial charge on any atom is 0.471 e. The fraction of sp³-hybridized carbons (Fsp3) is 0.258. The summed E-state index contributed by atoms with van der Waals surface area (Å²) in [6, 6.07) is 19.9. The summed E-state index contributed by atoms with van der Waals surface area (Å²) in [5, 5.41) is 8.49. The first-order valence-electron chi connectivity index (χ1n) is 13.3. The second-order valence-corrected chi connectivity index (χ2v) is 10.1. The van der Waals surface area contributed by atoms with E-state index in [0.717, 1.165) is 27.2 Å². The Kier molecular flexibility index (Phi) is 7.93. The summed E-state index contributed by atoms with van der Waals surface area (Å²) >= 11 is 0. The second-order valence-electron chi connectivity index (χ2n) is 10.1. The molecule has 8 nitrogen and oxygen atoms in total. The van der Waals surface area contributed by atoms with Crippen molar-refractivity contribution >= 4 is 17.7 Å². The minimum Gasteiger partial charge on any atom is -0.465 e. The highest BCUT2D eigenvalue weighted by molar-refractivity contribution is 5.94. The molecule has 1 aliphatic heterocycles. The molecule has 0 N–H and O–H groups in total. The SMILES string of the molecule is COC(=O)c1cc(-c2ccc(C3CCN(C(=O)C(F)(F)F)CC3)cc2)cc(-n2cc(-c3ccc(C(C)=O)cc3)nn2)c1. The summed E-state index contributed by atoms with van der Waals surface area (Å²) in [6.45, 7) is 1.60. The molecule has 0 unspecified atom stereocenters. The average molecular weight is 577 g/mol. The summed E-state index contributed by atoms with van der Waals surface area (Å²) in [5.74, 6) is -2.31. The third kappa shape index (κ3) is 6.09. The zero-order valence-corrected chi connectivity index (χ0v) is 22.9. The van der Waals surface area contributed by atoms with Gasteiger partial charge in [0.2, 0.25) is 0 Å². The number of hydrogen-bond acceptors (Lipinski definition) is 6. The van der Waals surface area contributed by atoms with Crippen LogP contribution in [0, 0.1) is 0 Å². The maximum absolute atomic E-state index is 12.8. The molecule has 5 rings (SSSR count). The minimum absolute atomic E-state index is 0.0337. The first-order valence-corrected chi connectivity index (χ1v) is 13.3.